The van der Waals surface area contributed by atoms with Gasteiger partial charge in [-0.1, -0.05) is 6.07 Å². The van der Waals surface area contributed by atoms with Crippen molar-refractivity contribution in [2.24, 2.45) is 0 Å². The maximum Gasteiger partial charge on any atom is 0.194 e. The summed E-state index contributed by atoms with van der Waals surface area (Å²) >= 11 is 1.89. The number of hydrogen-bond donors (Lipinski definition) is 0. The minimum Gasteiger partial charge on any atom is -0.497 e. The van der Waals surface area contributed by atoms with E-state index in [4.69, 9.17) is 9.72 Å². The van der Waals surface area contributed by atoms with E-state index in [0.717, 1.165) is 12.2 Å². The van der Waals surface area contributed by atoms with E-state index in [-0.39, 0.29) is 0 Å². The molecule has 0 saturated heterocycles. The summed E-state index contributed by atoms with van der Waals surface area (Å²) in [7, 11) is 1.72. The Bertz CT molecular complexity index is 875. The highest BCUT2D eigenvalue weighted by Gasteiger charge is 2.28. The standard InChI is InChI=1S/C17H16N2OS/c1-20-11-7-6-10-8-14-16(12(10)9-11)18-17-19(14)13-4-2-3-5-15(13)21-17/h6-7,9H,2-5,8H2,1H3. The third-order valence-electron chi connectivity index (χ3n) is 4.75. The molecule has 106 valence electrons. The monoisotopic (exact) mass is 296 g/mol. The second kappa shape index (κ2) is 4.10. The molecular formula is C17H16N2OS. The molecule has 0 spiro atoms. The van der Waals surface area contributed by atoms with Gasteiger partial charge in [-0.05, 0) is 43.4 Å². The van der Waals surface area contributed by atoms with Gasteiger partial charge in [-0.2, -0.15) is 0 Å². The number of aromatic nitrogens is 2. The minimum absolute atomic E-state index is 0.917. The zero-order valence-corrected chi connectivity index (χ0v) is 12.8. The molecule has 2 aromatic heterocycles. The molecule has 0 bridgehead atoms. The molecular weight excluding hydrogens is 280 g/mol. The first-order chi connectivity index (χ1) is 10.3. The molecule has 2 aliphatic carbocycles. The smallest absolute Gasteiger partial charge is 0.194 e. The maximum atomic E-state index is 5.37. The number of hydrogen-bond acceptors (Lipinski definition) is 3. The van der Waals surface area contributed by atoms with Gasteiger partial charge in [0.05, 0.1) is 18.5 Å². The molecule has 0 amide bonds. The average molecular weight is 296 g/mol. The largest absolute Gasteiger partial charge is 0.497 e. The molecule has 2 heterocycles. The van der Waals surface area contributed by atoms with Gasteiger partial charge < -0.3 is 4.74 Å². The fourth-order valence-electron chi connectivity index (χ4n) is 3.71. The molecule has 0 unspecified atom stereocenters. The molecule has 2 aliphatic rings. The molecule has 0 aliphatic heterocycles. The lowest BCUT2D eigenvalue weighted by Gasteiger charge is -2.11. The van der Waals surface area contributed by atoms with Crippen molar-refractivity contribution < 1.29 is 4.74 Å². The van der Waals surface area contributed by atoms with Crippen molar-refractivity contribution in [1.82, 2.24) is 9.38 Å². The quantitative estimate of drug-likeness (QED) is 0.533. The van der Waals surface area contributed by atoms with Crippen LogP contribution in [-0.4, -0.2) is 16.5 Å². The van der Waals surface area contributed by atoms with Crippen LogP contribution in [0.4, 0.5) is 0 Å². The van der Waals surface area contributed by atoms with Gasteiger partial charge in [-0.15, -0.1) is 11.3 Å². The van der Waals surface area contributed by atoms with Gasteiger partial charge in [0.25, 0.3) is 0 Å². The van der Waals surface area contributed by atoms with Gasteiger partial charge in [0.2, 0.25) is 0 Å². The zero-order valence-electron chi connectivity index (χ0n) is 12.0. The number of ether oxygens (including phenoxy) is 1. The summed E-state index contributed by atoms with van der Waals surface area (Å²) in [5, 5.41) is 0. The Labute approximate surface area is 127 Å². The van der Waals surface area contributed by atoms with E-state index in [1.807, 2.05) is 11.3 Å². The Morgan fingerprint density at radius 2 is 2.10 bits per heavy atom. The Morgan fingerprint density at radius 1 is 1.19 bits per heavy atom. The molecule has 5 rings (SSSR count). The van der Waals surface area contributed by atoms with E-state index in [1.165, 1.54) is 58.9 Å². The summed E-state index contributed by atoms with van der Waals surface area (Å²) in [5.74, 6) is 0.917. The Morgan fingerprint density at radius 3 is 3.00 bits per heavy atom. The summed E-state index contributed by atoms with van der Waals surface area (Å²) in [6.45, 7) is 0. The highest BCUT2D eigenvalue weighted by atomic mass is 32.1. The Hall–Kier alpha value is -1.81. The normalized spacial score (nSPS) is 15.9. The molecule has 21 heavy (non-hydrogen) atoms. The topological polar surface area (TPSA) is 26.5 Å². The molecule has 3 aromatic rings. The van der Waals surface area contributed by atoms with Gasteiger partial charge in [-0.25, -0.2) is 4.98 Å². The SMILES string of the molecule is COc1ccc2c(c1)-c1nc3sc4c(n3c1C2)CCCC4. The molecule has 0 atom stereocenters. The number of methoxy groups -OCH3 is 1. The number of nitrogens with zero attached hydrogens (tertiary/aromatic N) is 2. The summed E-state index contributed by atoms with van der Waals surface area (Å²) in [6, 6.07) is 6.36. The number of imidazole rings is 1. The second-order valence-electron chi connectivity index (χ2n) is 5.90. The lowest BCUT2D eigenvalue weighted by atomic mass is 10.0. The molecule has 0 saturated carbocycles. The van der Waals surface area contributed by atoms with Gasteiger partial charge in [0.15, 0.2) is 4.96 Å². The predicted molar refractivity (Wildman–Crippen MR) is 84.5 cm³/mol. The van der Waals surface area contributed by atoms with E-state index in [2.05, 4.69) is 22.6 Å². The highest BCUT2D eigenvalue weighted by molar-refractivity contribution is 7.17. The van der Waals surface area contributed by atoms with Crippen LogP contribution < -0.4 is 4.74 Å². The summed E-state index contributed by atoms with van der Waals surface area (Å²) < 4.78 is 7.81. The van der Waals surface area contributed by atoms with Crippen molar-refractivity contribution in [3.63, 3.8) is 0 Å². The van der Waals surface area contributed by atoms with Crippen LogP contribution in [0.25, 0.3) is 16.2 Å². The maximum absolute atomic E-state index is 5.37. The van der Waals surface area contributed by atoms with Crippen LogP contribution in [0.2, 0.25) is 0 Å². The molecule has 4 heteroatoms. The van der Waals surface area contributed by atoms with E-state index in [9.17, 15) is 0 Å². The third kappa shape index (κ3) is 1.51. The Kier molecular flexibility index (Phi) is 2.31. The molecule has 0 radical (unpaired) electrons. The van der Waals surface area contributed by atoms with Crippen LogP contribution in [0.1, 0.15) is 34.7 Å². The van der Waals surface area contributed by atoms with Crippen molar-refractivity contribution in [3.05, 3.63) is 40.0 Å². The number of aryl methyl sites for hydroxylation is 2. The van der Waals surface area contributed by atoms with Crippen LogP contribution >= 0.6 is 11.3 Å². The van der Waals surface area contributed by atoms with E-state index in [1.54, 1.807) is 12.0 Å². The van der Waals surface area contributed by atoms with Crippen molar-refractivity contribution in [2.45, 2.75) is 32.1 Å². The van der Waals surface area contributed by atoms with E-state index in [0.29, 0.717) is 0 Å². The van der Waals surface area contributed by atoms with Crippen LogP contribution in [0.15, 0.2) is 18.2 Å². The lowest BCUT2D eigenvalue weighted by molar-refractivity contribution is 0.415. The summed E-state index contributed by atoms with van der Waals surface area (Å²) in [4.78, 5) is 7.68. The van der Waals surface area contributed by atoms with Gasteiger partial charge in [0, 0.05) is 22.6 Å². The van der Waals surface area contributed by atoms with Crippen LogP contribution in [0, 0.1) is 0 Å². The summed E-state index contributed by atoms with van der Waals surface area (Å²) in [6.07, 6.45) is 6.08. The first-order valence-electron chi connectivity index (χ1n) is 7.54. The van der Waals surface area contributed by atoms with Crippen molar-refractivity contribution in [2.75, 3.05) is 7.11 Å². The molecule has 0 fully saturated rings. The average Bonchev–Trinajstić information content (AvgIpc) is 3.14. The van der Waals surface area contributed by atoms with Gasteiger partial charge in [-0.3, -0.25) is 4.40 Å². The number of benzene rings is 1. The van der Waals surface area contributed by atoms with Crippen molar-refractivity contribution in [3.8, 4) is 17.0 Å². The molecule has 0 N–H and O–H groups in total. The fourth-order valence-corrected chi connectivity index (χ4v) is 4.94. The highest BCUT2D eigenvalue weighted by Crippen LogP contribution is 2.42. The predicted octanol–water partition coefficient (Wildman–Crippen LogP) is 3.85. The van der Waals surface area contributed by atoms with Crippen LogP contribution in [0.5, 0.6) is 5.75 Å². The fraction of sp³-hybridized carbons (Fsp3) is 0.353. The first-order valence-corrected chi connectivity index (χ1v) is 8.36. The van der Waals surface area contributed by atoms with Crippen LogP contribution in [-0.2, 0) is 19.3 Å². The number of rotatable bonds is 1. The van der Waals surface area contributed by atoms with Crippen LogP contribution in [0.3, 0.4) is 0 Å². The molecule has 1 aromatic carbocycles. The third-order valence-corrected chi connectivity index (χ3v) is 5.89. The van der Waals surface area contributed by atoms with Crippen molar-refractivity contribution >= 4 is 16.3 Å². The van der Waals surface area contributed by atoms with E-state index < -0.39 is 0 Å². The number of fused-ring (bicyclic) bond motifs is 7. The van der Waals surface area contributed by atoms with Gasteiger partial charge >= 0.3 is 0 Å². The van der Waals surface area contributed by atoms with Gasteiger partial charge in [0.1, 0.15) is 5.75 Å². The minimum atomic E-state index is 0.917. The molecule has 3 nitrogen and oxygen atoms in total. The second-order valence-corrected chi connectivity index (χ2v) is 6.97. The summed E-state index contributed by atoms with van der Waals surface area (Å²) in [5.41, 5.74) is 6.70. The first kappa shape index (κ1) is 11.8. The number of thiazole rings is 1. The van der Waals surface area contributed by atoms with Crippen molar-refractivity contribution in [1.29, 1.82) is 0 Å². The zero-order chi connectivity index (χ0) is 14.0. The lowest BCUT2D eigenvalue weighted by Crippen LogP contribution is -2.04. The van der Waals surface area contributed by atoms with E-state index >= 15 is 0 Å². The Balaban J connectivity index is 1.76.